The van der Waals surface area contributed by atoms with Crippen LogP contribution in [-0.4, -0.2) is 18.4 Å². The Morgan fingerprint density at radius 3 is 2.43 bits per heavy atom. The summed E-state index contributed by atoms with van der Waals surface area (Å²) in [6, 6.07) is 17.8. The summed E-state index contributed by atoms with van der Waals surface area (Å²) in [6.07, 6.45) is 1.43. The van der Waals surface area contributed by atoms with Gasteiger partial charge in [-0.25, -0.2) is 0 Å². The first-order valence-corrected chi connectivity index (χ1v) is 8.99. The number of carbonyl (C=O) groups excluding carboxylic acids is 2. The lowest BCUT2D eigenvalue weighted by Gasteiger charge is -2.10. The van der Waals surface area contributed by atoms with Crippen LogP contribution in [0.25, 0.3) is 0 Å². The van der Waals surface area contributed by atoms with Gasteiger partial charge in [-0.15, -0.1) is 0 Å². The Kier molecular flexibility index (Phi) is 6.11. The minimum absolute atomic E-state index is 0.137. The van der Waals surface area contributed by atoms with E-state index in [2.05, 4.69) is 24.5 Å². The van der Waals surface area contributed by atoms with Crippen LogP contribution in [0.5, 0.6) is 5.75 Å². The molecule has 6 nitrogen and oxygen atoms in total. The van der Waals surface area contributed by atoms with Crippen molar-refractivity contribution in [2.75, 3.05) is 17.2 Å². The standard InChI is InChI=1S/C22H22N2O4/c1-15(2)16-8-10-17(11-9-16)23-21(25)14-28-19-6-3-5-18(13-19)24-22(26)20-7-4-12-27-20/h3-13,15H,14H2,1-2H3,(H,23,25)(H,24,26). The third-order valence-corrected chi connectivity index (χ3v) is 4.07. The van der Waals surface area contributed by atoms with Crippen LogP contribution in [0.15, 0.2) is 71.3 Å². The Morgan fingerprint density at radius 1 is 0.964 bits per heavy atom. The van der Waals surface area contributed by atoms with Crippen molar-refractivity contribution in [3.63, 3.8) is 0 Å². The van der Waals surface area contributed by atoms with Gasteiger partial charge in [0.1, 0.15) is 5.75 Å². The van der Waals surface area contributed by atoms with Crippen molar-refractivity contribution in [3.05, 3.63) is 78.3 Å². The lowest BCUT2D eigenvalue weighted by atomic mass is 10.0. The van der Waals surface area contributed by atoms with Crippen LogP contribution in [0.4, 0.5) is 11.4 Å². The van der Waals surface area contributed by atoms with Crippen molar-refractivity contribution < 1.29 is 18.7 Å². The van der Waals surface area contributed by atoms with Crippen molar-refractivity contribution in [1.82, 2.24) is 0 Å². The van der Waals surface area contributed by atoms with Crippen molar-refractivity contribution >= 4 is 23.2 Å². The second-order valence-corrected chi connectivity index (χ2v) is 6.57. The molecule has 3 rings (SSSR count). The molecule has 0 radical (unpaired) electrons. The molecule has 0 spiro atoms. The number of anilines is 2. The smallest absolute Gasteiger partial charge is 0.291 e. The Labute approximate surface area is 163 Å². The van der Waals surface area contributed by atoms with Crippen LogP contribution in [0.3, 0.4) is 0 Å². The maximum absolute atomic E-state index is 12.1. The average Bonchev–Trinajstić information content (AvgIpc) is 3.22. The van der Waals surface area contributed by atoms with E-state index >= 15 is 0 Å². The largest absolute Gasteiger partial charge is 0.484 e. The van der Waals surface area contributed by atoms with Gasteiger partial charge in [0.05, 0.1) is 6.26 Å². The Bertz CT molecular complexity index is 931. The molecule has 0 saturated heterocycles. The zero-order chi connectivity index (χ0) is 19.9. The summed E-state index contributed by atoms with van der Waals surface area (Å²) in [5.74, 6) is 0.512. The zero-order valence-corrected chi connectivity index (χ0v) is 15.8. The van der Waals surface area contributed by atoms with Gasteiger partial charge in [0.15, 0.2) is 12.4 Å². The summed E-state index contributed by atoms with van der Waals surface area (Å²) >= 11 is 0. The first-order valence-electron chi connectivity index (χ1n) is 8.99. The molecule has 1 heterocycles. The number of furan rings is 1. The molecule has 1 aromatic heterocycles. The number of ether oxygens (including phenoxy) is 1. The maximum Gasteiger partial charge on any atom is 0.291 e. The van der Waals surface area contributed by atoms with E-state index in [9.17, 15) is 9.59 Å². The molecule has 144 valence electrons. The Hall–Kier alpha value is -3.54. The van der Waals surface area contributed by atoms with E-state index in [1.165, 1.54) is 11.8 Å². The second-order valence-electron chi connectivity index (χ2n) is 6.57. The number of hydrogen-bond acceptors (Lipinski definition) is 4. The van der Waals surface area contributed by atoms with Crippen LogP contribution in [-0.2, 0) is 4.79 Å². The topological polar surface area (TPSA) is 80.6 Å². The fourth-order valence-corrected chi connectivity index (χ4v) is 2.56. The van der Waals surface area contributed by atoms with Crippen LogP contribution >= 0.6 is 0 Å². The average molecular weight is 378 g/mol. The molecule has 0 atom stereocenters. The van der Waals surface area contributed by atoms with Crippen molar-refractivity contribution in [1.29, 1.82) is 0 Å². The van der Waals surface area contributed by atoms with E-state index in [0.29, 0.717) is 17.4 Å². The second kappa shape index (κ2) is 8.90. The van der Waals surface area contributed by atoms with Gasteiger partial charge in [0.25, 0.3) is 11.8 Å². The molecule has 0 aliphatic carbocycles. The summed E-state index contributed by atoms with van der Waals surface area (Å²) in [6.45, 7) is 4.10. The molecule has 6 heteroatoms. The Morgan fingerprint density at radius 2 is 1.75 bits per heavy atom. The van der Waals surface area contributed by atoms with E-state index in [1.54, 1.807) is 36.4 Å². The Balaban J connectivity index is 1.52. The first kappa shape index (κ1) is 19.2. The monoisotopic (exact) mass is 378 g/mol. The summed E-state index contributed by atoms with van der Waals surface area (Å²) < 4.78 is 10.6. The molecule has 2 N–H and O–H groups in total. The maximum atomic E-state index is 12.1. The van der Waals surface area contributed by atoms with E-state index < -0.39 is 0 Å². The lowest BCUT2D eigenvalue weighted by Crippen LogP contribution is -2.20. The molecule has 0 saturated carbocycles. The lowest BCUT2D eigenvalue weighted by molar-refractivity contribution is -0.118. The fraction of sp³-hybridized carbons (Fsp3) is 0.182. The highest BCUT2D eigenvalue weighted by Gasteiger charge is 2.10. The zero-order valence-electron chi connectivity index (χ0n) is 15.8. The van der Waals surface area contributed by atoms with Gasteiger partial charge in [-0.05, 0) is 47.9 Å². The van der Waals surface area contributed by atoms with Crippen molar-refractivity contribution in [2.45, 2.75) is 19.8 Å². The van der Waals surface area contributed by atoms with Gasteiger partial charge < -0.3 is 19.8 Å². The highest BCUT2D eigenvalue weighted by Crippen LogP contribution is 2.19. The first-order chi connectivity index (χ1) is 13.5. The van der Waals surface area contributed by atoms with Crippen LogP contribution < -0.4 is 15.4 Å². The molecule has 2 aromatic carbocycles. The molecule has 0 fully saturated rings. The molecule has 3 aromatic rings. The highest BCUT2D eigenvalue weighted by molar-refractivity contribution is 6.02. The molecule has 0 bridgehead atoms. The highest BCUT2D eigenvalue weighted by atomic mass is 16.5. The number of carbonyl (C=O) groups is 2. The fourth-order valence-electron chi connectivity index (χ4n) is 2.56. The number of benzene rings is 2. The van der Waals surface area contributed by atoms with E-state index in [1.807, 2.05) is 24.3 Å². The molecule has 0 unspecified atom stereocenters. The normalized spacial score (nSPS) is 10.5. The van der Waals surface area contributed by atoms with Crippen LogP contribution in [0, 0.1) is 0 Å². The van der Waals surface area contributed by atoms with Gasteiger partial charge in [-0.1, -0.05) is 32.0 Å². The van der Waals surface area contributed by atoms with Crippen molar-refractivity contribution in [2.24, 2.45) is 0 Å². The third-order valence-electron chi connectivity index (χ3n) is 4.07. The van der Waals surface area contributed by atoms with E-state index in [4.69, 9.17) is 9.15 Å². The number of hydrogen-bond donors (Lipinski definition) is 2. The quantitative estimate of drug-likeness (QED) is 0.626. The number of nitrogens with one attached hydrogen (secondary N) is 2. The minimum atomic E-state index is -0.357. The SMILES string of the molecule is CC(C)c1ccc(NC(=O)COc2cccc(NC(=O)c3ccco3)c2)cc1. The molecule has 28 heavy (non-hydrogen) atoms. The van der Waals surface area contributed by atoms with Gasteiger partial charge in [-0.2, -0.15) is 0 Å². The van der Waals surface area contributed by atoms with Crippen LogP contribution in [0.1, 0.15) is 35.9 Å². The molecular formula is C22H22N2O4. The number of amides is 2. The molecule has 2 amide bonds. The van der Waals surface area contributed by atoms with Gasteiger partial charge in [-0.3, -0.25) is 9.59 Å². The van der Waals surface area contributed by atoms with Gasteiger partial charge >= 0.3 is 0 Å². The van der Waals surface area contributed by atoms with E-state index in [-0.39, 0.29) is 24.2 Å². The summed E-state index contributed by atoms with van der Waals surface area (Å²) in [7, 11) is 0. The van der Waals surface area contributed by atoms with Gasteiger partial charge in [0.2, 0.25) is 0 Å². The summed E-state index contributed by atoms with van der Waals surface area (Å²) in [5.41, 5.74) is 2.48. The third kappa shape index (κ3) is 5.23. The minimum Gasteiger partial charge on any atom is -0.484 e. The molecular weight excluding hydrogens is 356 g/mol. The number of rotatable bonds is 7. The van der Waals surface area contributed by atoms with Crippen LogP contribution in [0.2, 0.25) is 0 Å². The van der Waals surface area contributed by atoms with E-state index in [0.717, 1.165) is 5.69 Å². The predicted molar refractivity (Wildman–Crippen MR) is 108 cm³/mol. The van der Waals surface area contributed by atoms with Gasteiger partial charge in [0, 0.05) is 17.4 Å². The molecule has 0 aliphatic heterocycles. The summed E-state index contributed by atoms with van der Waals surface area (Å²) in [5, 5.41) is 5.51. The predicted octanol–water partition coefficient (Wildman–Crippen LogP) is 4.67. The van der Waals surface area contributed by atoms with Crippen molar-refractivity contribution in [3.8, 4) is 5.75 Å². The molecule has 0 aliphatic rings. The summed E-state index contributed by atoms with van der Waals surface area (Å²) in [4.78, 5) is 24.1.